The van der Waals surface area contributed by atoms with Crippen molar-refractivity contribution in [2.75, 3.05) is 47.2 Å². The molecular formula is C46H42Cl4N8O8. The molecule has 0 aliphatic carbocycles. The van der Waals surface area contributed by atoms with Crippen molar-refractivity contribution in [1.29, 1.82) is 0 Å². The van der Waals surface area contributed by atoms with Crippen molar-refractivity contribution in [1.82, 2.24) is 0 Å². The number of ether oxygens (including phenoxy) is 2. The molecule has 4 amide bonds. The van der Waals surface area contributed by atoms with E-state index >= 15 is 0 Å². The van der Waals surface area contributed by atoms with Gasteiger partial charge in [0.2, 0.25) is 12.1 Å². The van der Waals surface area contributed by atoms with Crippen LogP contribution in [0, 0.1) is 0 Å². The number of carbonyl (C=O) groups excluding carboxylic acids is 6. The summed E-state index contributed by atoms with van der Waals surface area (Å²) in [6.45, 7) is 2.28. The van der Waals surface area contributed by atoms with Crippen molar-refractivity contribution in [2.45, 2.75) is 38.8 Å². The van der Waals surface area contributed by atoms with E-state index in [2.05, 4.69) is 41.7 Å². The second kappa shape index (κ2) is 24.0. The largest absolute Gasteiger partial charge is 0.491 e. The Balaban J connectivity index is 1.30. The second-order valence-electron chi connectivity index (χ2n) is 14.2. The predicted molar refractivity (Wildman–Crippen MR) is 255 cm³/mol. The number of Topliss-reactive ketones (excluding diaryl/α,β-unsaturated/α-hetero) is 2. The lowest BCUT2D eigenvalue weighted by Gasteiger charge is -2.19. The van der Waals surface area contributed by atoms with Crippen molar-refractivity contribution in [2.24, 2.45) is 20.5 Å². The Bertz CT molecular complexity index is 2530. The van der Waals surface area contributed by atoms with Crippen LogP contribution in [0.25, 0.3) is 0 Å². The maximum Gasteiger partial charge on any atom is 0.258 e. The quantitative estimate of drug-likeness (QED) is 0.0333. The van der Waals surface area contributed by atoms with Crippen LogP contribution in [0.15, 0.2) is 118 Å². The molecule has 5 aromatic rings. The smallest absolute Gasteiger partial charge is 0.258 e. The van der Waals surface area contributed by atoms with E-state index in [9.17, 15) is 28.8 Å². The van der Waals surface area contributed by atoms with Crippen molar-refractivity contribution >= 4 is 116 Å². The highest BCUT2D eigenvalue weighted by Crippen LogP contribution is 2.42. The summed E-state index contributed by atoms with van der Waals surface area (Å²) in [5.41, 5.74) is 3.39. The van der Waals surface area contributed by atoms with Gasteiger partial charge in [-0.3, -0.25) is 28.8 Å². The summed E-state index contributed by atoms with van der Waals surface area (Å²) >= 11 is 24.4. The molecule has 0 heterocycles. The number of nitrogens with zero attached hydrogens (tertiary/aromatic N) is 4. The highest BCUT2D eigenvalue weighted by atomic mass is 35.5. The molecule has 0 saturated heterocycles. The first kappa shape index (κ1) is 50.3. The fourth-order valence-electron chi connectivity index (χ4n) is 6.14. The zero-order valence-electron chi connectivity index (χ0n) is 35.8. The minimum atomic E-state index is -1.68. The SMILES string of the molecule is COc1c(NC(=O)C(N=Nc2cc(C(=O)Nc3cccc(CCCl)c3)ccc2Cl)C(C)=O)ccc(NC(=O)C(N=Nc2cc(C(=O)Nc3cccc(CCCl)c3)ccc2Cl)C(C)=O)c1OC. The van der Waals surface area contributed by atoms with Gasteiger partial charge in [0.1, 0.15) is 11.4 Å². The number of nitrogens with one attached hydrogen (secondary N) is 4. The average molecular weight is 977 g/mol. The van der Waals surface area contributed by atoms with E-state index in [0.717, 1.165) is 25.0 Å². The van der Waals surface area contributed by atoms with Gasteiger partial charge in [0.25, 0.3) is 23.6 Å². The number of azo groups is 2. The van der Waals surface area contributed by atoms with Gasteiger partial charge < -0.3 is 30.7 Å². The minimum absolute atomic E-state index is 0.00921. The molecule has 2 unspecified atom stereocenters. The molecule has 342 valence electrons. The summed E-state index contributed by atoms with van der Waals surface area (Å²) in [5, 5.41) is 27.0. The Morgan fingerprint density at radius 3 is 1.29 bits per heavy atom. The Morgan fingerprint density at radius 1 is 0.545 bits per heavy atom. The third-order valence-corrected chi connectivity index (χ3v) is 10.4. The summed E-state index contributed by atoms with van der Waals surface area (Å²) in [4.78, 5) is 78.7. The van der Waals surface area contributed by atoms with E-state index in [-0.39, 0.29) is 55.4 Å². The summed E-state index contributed by atoms with van der Waals surface area (Å²) < 4.78 is 11.1. The standard InChI is InChI=1S/C46H42Cl4N8O8/c1-25(59)39(57-55-37-23-29(11-13-33(37)49)43(61)51-31-9-5-7-27(21-31)17-19-47)45(63)53-35-15-16-36(42(66-4)41(35)65-3)54-46(64)40(26(2)60)58-56-38-24-30(12-14-34(38)50)44(62)52-32-10-6-8-28(22-32)18-20-48/h5-16,21-24,39-40H,17-20H2,1-4H3,(H,51,61)(H,52,62)(H,53,63)(H,54,64). The number of hydrogen-bond donors (Lipinski definition) is 4. The molecule has 16 nitrogen and oxygen atoms in total. The van der Waals surface area contributed by atoms with Gasteiger partial charge in [0, 0.05) is 34.3 Å². The molecule has 0 radical (unpaired) electrons. The van der Waals surface area contributed by atoms with E-state index in [1.54, 1.807) is 36.4 Å². The molecule has 0 aliphatic rings. The van der Waals surface area contributed by atoms with Crippen LogP contribution in [0.1, 0.15) is 45.7 Å². The normalized spacial score (nSPS) is 12.0. The third kappa shape index (κ3) is 13.4. The van der Waals surface area contributed by atoms with Crippen LogP contribution in [-0.4, -0.2) is 73.3 Å². The van der Waals surface area contributed by atoms with Crippen LogP contribution in [0.2, 0.25) is 10.0 Å². The van der Waals surface area contributed by atoms with Gasteiger partial charge in [-0.05, 0) is 111 Å². The first-order valence-electron chi connectivity index (χ1n) is 19.9. The molecular weight excluding hydrogens is 934 g/mol. The number of amides is 4. The number of rotatable bonds is 20. The summed E-state index contributed by atoms with van der Waals surface area (Å²) in [5.74, 6) is -3.45. The monoisotopic (exact) mass is 974 g/mol. The van der Waals surface area contributed by atoms with Gasteiger partial charge in [-0.15, -0.1) is 23.2 Å². The van der Waals surface area contributed by atoms with E-state index in [4.69, 9.17) is 55.9 Å². The number of methoxy groups -OCH3 is 2. The van der Waals surface area contributed by atoms with Crippen LogP contribution in [0.3, 0.4) is 0 Å². The average Bonchev–Trinajstić information content (AvgIpc) is 3.28. The Labute approximate surface area is 399 Å². The van der Waals surface area contributed by atoms with Crippen LogP contribution < -0.4 is 30.7 Å². The predicted octanol–water partition coefficient (Wildman–Crippen LogP) is 10.4. The number of anilines is 4. The van der Waals surface area contributed by atoms with Gasteiger partial charge in [-0.25, -0.2) is 0 Å². The molecule has 66 heavy (non-hydrogen) atoms. The maximum atomic E-state index is 13.5. The minimum Gasteiger partial charge on any atom is -0.491 e. The third-order valence-electron chi connectivity index (χ3n) is 9.42. The van der Waals surface area contributed by atoms with Gasteiger partial charge in [0.05, 0.1) is 35.6 Å². The zero-order chi connectivity index (χ0) is 47.9. The van der Waals surface area contributed by atoms with Crippen molar-refractivity contribution in [3.05, 3.63) is 129 Å². The molecule has 0 spiro atoms. The van der Waals surface area contributed by atoms with Crippen LogP contribution in [0.4, 0.5) is 34.1 Å². The number of carbonyl (C=O) groups is 6. The molecule has 5 aromatic carbocycles. The fraction of sp³-hybridized carbons (Fsp3) is 0.217. The summed E-state index contributed by atoms with van der Waals surface area (Å²) in [6, 6.07) is 22.3. The van der Waals surface area contributed by atoms with Gasteiger partial charge in [-0.2, -0.15) is 20.5 Å². The molecule has 0 aromatic heterocycles. The fourth-order valence-corrected chi connectivity index (χ4v) is 6.89. The highest BCUT2D eigenvalue weighted by molar-refractivity contribution is 6.33. The number of benzene rings is 5. The van der Waals surface area contributed by atoms with Gasteiger partial charge >= 0.3 is 0 Å². The molecule has 2 atom stereocenters. The van der Waals surface area contributed by atoms with Gasteiger partial charge in [0.15, 0.2) is 23.1 Å². The number of aryl methyl sites for hydroxylation is 2. The lowest BCUT2D eigenvalue weighted by molar-refractivity contribution is -0.127. The molecule has 0 saturated carbocycles. The molecule has 0 fully saturated rings. The first-order valence-corrected chi connectivity index (χ1v) is 21.7. The van der Waals surface area contributed by atoms with Crippen LogP contribution in [0.5, 0.6) is 11.5 Å². The number of hydrogen-bond acceptors (Lipinski definition) is 12. The number of alkyl halides is 2. The van der Waals surface area contributed by atoms with Gasteiger partial charge in [-0.1, -0.05) is 47.5 Å². The van der Waals surface area contributed by atoms with Crippen LogP contribution >= 0.6 is 46.4 Å². The highest BCUT2D eigenvalue weighted by Gasteiger charge is 2.28. The lowest BCUT2D eigenvalue weighted by Crippen LogP contribution is -2.32. The summed E-state index contributed by atoms with van der Waals surface area (Å²) in [6.07, 6.45) is 1.24. The number of halogens is 4. The van der Waals surface area contributed by atoms with Crippen LogP contribution in [-0.2, 0) is 32.0 Å². The first-order chi connectivity index (χ1) is 31.6. The van der Waals surface area contributed by atoms with Crippen molar-refractivity contribution in [3.63, 3.8) is 0 Å². The topological polar surface area (TPSA) is 218 Å². The van der Waals surface area contributed by atoms with E-state index < -0.39 is 47.3 Å². The van der Waals surface area contributed by atoms with Crippen molar-refractivity contribution < 1.29 is 38.2 Å². The maximum absolute atomic E-state index is 13.5. The molecule has 0 bridgehead atoms. The Morgan fingerprint density at radius 2 is 0.939 bits per heavy atom. The lowest BCUT2D eigenvalue weighted by atomic mass is 10.1. The van der Waals surface area contributed by atoms with E-state index in [1.165, 1.54) is 62.8 Å². The number of ketones is 2. The molecule has 0 aliphatic heterocycles. The Kier molecular flexibility index (Phi) is 18.3. The second-order valence-corrected chi connectivity index (χ2v) is 15.8. The molecule has 5 rings (SSSR count). The zero-order valence-corrected chi connectivity index (χ0v) is 38.8. The summed E-state index contributed by atoms with van der Waals surface area (Å²) in [7, 11) is 2.54. The van der Waals surface area contributed by atoms with E-state index in [0.29, 0.717) is 36.0 Å². The Hall–Kier alpha value is -6.72. The molecule has 4 N–H and O–H groups in total. The van der Waals surface area contributed by atoms with E-state index in [1.807, 2.05) is 12.1 Å². The van der Waals surface area contributed by atoms with Crippen molar-refractivity contribution in [3.8, 4) is 11.5 Å². The molecule has 20 heteroatoms.